The SMILES string of the molecule is CCCCCCCCC(CCCCCC)COC(=O)CCCCN(CCCCO)CCCCCOCC(CCCCCC)CCCCCC. The highest BCUT2D eigenvalue weighted by molar-refractivity contribution is 5.69. The van der Waals surface area contributed by atoms with E-state index in [1.54, 1.807) is 0 Å². The summed E-state index contributed by atoms with van der Waals surface area (Å²) in [6.07, 6.45) is 37.0. The number of unbranched alkanes of at least 4 members (excludes halogenated alkanes) is 18. The predicted octanol–water partition coefficient (Wildman–Crippen LogP) is 12.9. The first-order valence-electron chi connectivity index (χ1n) is 22.2. The minimum absolute atomic E-state index is 0.00232. The number of hydrogen-bond acceptors (Lipinski definition) is 5. The van der Waals surface area contributed by atoms with Crippen molar-refractivity contribution in [2.75, 3.05) is 46.1 Å². The lowest BCUT2D eigenvalue weighted by atomic mass is 9.95. The third-order valence-electron chi connectivity index (χ3n) is 10.4. The van der Waals surface area contributed by atoms with Crippen LogP contribution in [0.5, 0.6) is 0 Å². The van der Waals surface area contributed by atoms with Gasteiger partial charge in [0.25, 0.3) is 0 Å². The molecule has 0 heterocycles. The Hall–Kier alpha value is -0.650. The molecule has 0 saturated carbocycles. The molecule has 1 N–H and O–H groups in total. The Balaban J connectivity index is 4.34. The fourth-order valence-corrected chi connectivity index (χ4v) is 7.05. The molecular weight excluding hydrogens is 606 g/mol. The van der Waals surface area contributed by atoms with E-state index < -0.39 is 0 Å². The summed E-state index contributed by atoms with van der Waals surface area (Å²) in [5.74, 6) is 1.28. The lowest BCUT2D eigenvalue weighted by Crippen LogP contribution is -2.27. The fraction of sp³-hybridized carbons (Fsp3) is 0.977. The third kappa shape index (κ3) is 35.5. The molecule has 0 aromatic heterocycles. The van der Waals surface area contributed by atoms with Gasteiger partial charge in [0.15, 0.2) is 0 Å². The van der Waals surface area contributed by atoms with Crippen molar-refractivity contribution in [1.82, 2.24) is 4.90 Å². The van der Waals surface area contributed by atoms with Crippen molar-refractivity contribution in [3.8, 4) is 0 Å². The second-order valence-electron chi connectivity index (χ2n) is 15.4. The Morgan fingerprint density at radius 3 is 1.41 bits per heavy atom. The molecule has 1 unspecified atom stereocenters. The normalized spacial score (nSPS) is 12.4. The maximum absolute atomic E-state index is 12.6. The third-order valence-corrected chi connectivity index (χ3v) is 10.4. The highest BCUT2D eigenvalue weighted by atomic mass is 16.5. The van der Waals surface area contributed by atoms with Crippen molar-refractivity contribution in [2.24, 2.45) is 11.8 Å². The van der Waals surface area contributed by atoms with Gasteiger partial charge in [-0.2, -0.15) is 0 Å². The van der Waals surface area contributed by atoms with Crippen molar-refractivity contribution in [2.45, 2.75) is 220 Å². The first-order chi connectivity index (χ1) is 24.1. The van der Waals surface area contributed by atoms with E-state index in [4.69, 9.17) is 9.47 Å². The van der Waals surface area contributed by atoms with E-state index in [-0.39, 0.29) is 12.6 Å². The van der Waals surface area contributed by atoms with Crippen molar-refractivity contribution in [1.29, 1.82) is 0 Å². The highest BCUT2D eigenvalue weighted by Crippen LogP contribution is 2.21. The monoisotopic (exact) mass is 696 g/mol. The fourth-order valence-electron chi connectivity index (χ4n) is 7.05. The van der Waals surface area contributed by atoms with E-state index in [2.05, 4.69) is 32.6 Å². The molecule has 0 aliphatic heterocycles. The molecular formula is C44H89NO4. The summed E-state index contributed by atoms with van der Waals surface area (Å²) in [6, 6.07) is 0. The maximum Gasteiger partial charge on any atom is 0.305 e. The summed E-state index contributed by atoms with van der Waals surface area (Å²) < 4.78 is 12.0. The van der Waals surface area contributed by atoms with Crippen LogP contribution in [0.2, 0.25) is 0 Å². The molecule has 294 valence electrons. The number of carbonyl (C=O) groups excluding carboxylic acids is 1. The molecule has 0 spiro atoms. The summed E-state index contributed by atoms with van der Waals surface area (Å²) in [4.78, 5) is 15.2. The van der Waals surface area contributed by atoms with Crippen LogP contribution in [0.15, 0.2) is 0 Å². The van der Waals surface area contributed by atoms with E-state index in [9.17, 15) is 9.90 Å². The second-order valence-corrected chi connectivity index (χ2v) is 15.4. The lowest BCUT2D eigenvalue weighted by Gasteiger charge is -2.22. The van der Waals surface area contributed by atoms with Gasteiger partial charge in [-0.05, 0) is 102 Å². The van der Waals surface area contributed by atoms with Crippen molar-refractivity contribution in [3.63, 3.8) is 0 Å². The Bertz CT molecular complexity index is 632. The van der Waals surface area contributed by atoms with E-state index >= 15 is 0 Å². The van der Waals surface area contributed by atoms with Crippen LogP contribution in [0.1, 0.15) is 220 Å². The summed E-state index contributed by atoms with van der Waals surface area (Å²) in [5.41, 5.74) is 0. The number of carbonyl (C=O) groups is 1. The molecule has 0 saturated heterocycles. The molecule has 0 amide bonds. The number of ether oxygens (including phenoxy) is 2. The smallest absolute Gasteiger partial charge is 0.305 e. The number of nitrogens with zero attached hydrogens (tertiary/aromatic N) is 1. The van der Waals surface area contributed by atoms with E-state index in [0.29, 0.717) is 18.9 Å². The van der Waals surface area contributed by atoms with Crippen LogP contribution < -0.4 is 0 Å². The Morgan fingerprint density at radius 1 is 0.490 bits per heavy atom. The van der Waals surface area contributed by atoms with Crippen LogP contribution in [-0.4, -0.2) is 62.0 Å². The van der Waals surface area contributed by atoms with Gasteiger partial charge in [0.2, 0.25) is 0 Å². The van der Waals surface area contributed by atoms with Crippen LogP contribution in [0.3, 0.4) is 0 Å². The average Bonchev–Trinajstić information content (AvgIpc) is 3.11. The molecule has 0 bridgehead atoms. The van der Waals surface area contributed by atoms with Crippen molar-refractivity contribution >= 4 is 5.97 Å². The van der Waals surface area contributed by atoms with Gasteiger partial charge in [-0.25, -0.2) is 0 Å². The molecule has 0 aromatic rings. The maximum atomic E-state index is 12.6. The molecule has 5 heteroatoms. The van der Waals surface area contributed by atoms with Gasteiger partial charge in [0, 0.05) is 26.2 Å². The van der Waals surface area contributed by atoms with E-state index in [0.717, 1.165) is 70.9 Å². The largest absolute Gasteiger partial charge is 0.465 e. The van der Waals surface area contributed by atoms with Crippen LogP contribution in [0, 0.1) is 11.8 Å². The minimum Gasteiger partial charge on any atom is -0.465 e. The van der Waals surface area contributed by atoms with Gasteiger partial charge >= 0.3 is 5.97 Å². The van der Waals surface area contributed by atoms with Gasteiger partial charge in [0.05, 0.1) is 6.61 Å². The Labute approximate surface area is 307 Å². The first kappa shape index (κ1) is 48.3. The predicted molar refractivity (Wildman–Crippen MR) is 213 cm³/mol. The minimum atomic E-state index is -0.00232. The summed E-state index contributed by atoms with van der Waals surface area (Å²) in [5, 5.41) is 9.30. The lowest BCUT2D eigenvalue weighted by molar-refractivity contribution is -0.145. The van der Waals surface area contributed by atoms with Crippen LogP contribution >= 0.6 is 0 Å². The average molecular weight is 696 g/mol. The summed E-state index contributed by atoms with van der Waals surface area (Å²) in [6.45, 7) is 15.0. The molecule has 0 aliphatic rings. The molecule has 0 radical (unpaired) electrons. The summed E-state index contributed by atoms with van der Waals surface area (Å²) in [7, 11) is 0. The highest BCUT2D eigenvalue weighted by Gasteiger charge is 2.13. The van der Waals surface area contributed by atoms with E-state index in [1.165, 1.54) is 154 Å². The van der Waals surface area contributed by atoms with Gasteiger partial charge in [0.1, 0.15) is 0 Å². The Morgan fingerprint density at radius 2 is 0.898 bits per heavy atom. The number of aliphatic hydroxyl groups is 1. The van der Waals surface area contributed by atoms with Crippen molar-refractivity contribution < 1.29 is 19.4 Å². The Kier molecular flexibility index (Phi) is 39.6. The topological polar surface area (TPSA) is 59.0 Å². The standard InChI is InChI=1S/C44H89NO4/c1-5-9-13-17-18-23-33-43(32-22-16-12-8-4)41-49-44(47)34-24-26-36-45(37-27-28-38-46)35-25-19-29-39-48-40-42(30-20-14-10-6-2)31-21-15-11-7-3/h42-43,46H,5-41H2,1-4H3. The molecule has 0 rings (SSSR count). The number of rotatable bonds is 41. The summed E-state index contributed by atoms with van der Waals surface area (Å²) >= 11 is 0. The zero-order valence-corrected chi connectivity index (χ0v) is 33.9. The molecule has 49 heavy (non-hydrogen) atoms. The molecule has 0 fully saturated rings. The zero-order chi connectivity index (χ0) is 35.9. The molecule has 5 nitrogen and oxygen atoms in total. The second kappa shape index (κ2) is 40.1. The van der Waals surface area contributed by atoms with Crippen LogP contribution in [0.25, 0.3) is 0 Å². The van der Waals surface area contributed by atoms with Gasteiger partial charge < -0.3 is 19.5 Å². The zero-order valence-electron chi connectivity index (χ0n) is 33.9. The molecule has 0 aliphatic carbocycles. The van der Waals surface area contributed by atoms with E-state index in [1.807, 2.05) is 0 Å². The van der Waals surface area contributed by atoms with Crippen LogP contribution in [0.4, 0.5) is 0 Å². The van der Waals surface area contributed by atoms with Gasteiger partial charge in [-0.3, -0.25) is 4.79 Å². The number of aliphatic hydroxyl groups excluding tert-OH is 1. The molecule has 1 atom stereocenters. The van der Waals surface area contributed by atoms with Crippen molar-refractivity contribution in [3.05, 3.63) is 0 Å². The quantitative estimate of drug-likeness (QED) is 0.0509. The molecule has 0 aromatic carbocycles. The van der Waals surface area contributed by atoms with Gasteiger partial charge in [-0.1, -0.05) is 143 Å². The van der Waals surface area contributed by atoms with Gasteiger partial charge in [-0.15, -0.1) is 0 Å². The number of esters is 1. The number of hydrogen-bond donors (Lipinski definition) is 1. The van der Waals surface area contributed by atoms with Crippen LogP contribution in [-0.2, 0) is 14.3 Å². The first-order valence-corrected chi connectivity index (χ1v) is 22.2.